The van der Waals surface area contributed by atoms with Gasteiger partial charge in [0.25, 0.3) is 0 Å². The van der Waals surface area contributed by atoms with Crippen LogP contribution >= 0.6 is 11.3 Å². The molecule has 2 aromatic heterocycles. The summed E-state index contributed by atoms with van der Waals surface area (Å²) in [6, 6.07) is 49.3. The molecule has 2 heterocycles. The molecule has 7 aromatic carbocycles. The summed E-state index contributed by atoms with van der Waals surface area (Å²) in [5.74, 6) is 2.01. The van der Waals surface area contributed by atoms with Gasteiger partial charge in [-0.25, -0.2) is 15.0 Å². The number of thiophene rings is 1. The van der Waals surface area contributed by atoms with E-state index in [1.165, 1.54) is 52.5 Å². The van der Waals surface area contributed by atoms with Crippen molar-refractivity contribution in [2.24, 2.45) is 0 Å². The van der Waals surface area contributed by atoms with E-state index in [-0.39, 0.29) is 0 Å². The van der Waals surface area contributed by atoms with E-state index in [0.29, 0.717) is 17.5 Å². The number of nitrogens with zero attached hydrogens (tertiary/aromatic N) is 3. The van der Waals surface area contributed by atoms with Gasteiger partial charge in [0.1, 0.15) is 0 Å². The Morgan fingerprint density at radius 2 is 0.860 bits per heavy atom. The smallest absolute Gasteiger partial charge is 0.164 e. The summed E-state index contributed by atoms with van der Waals surface area (Å²) in [4.78, 5) is 15.1. The maximum atomic E-state index is 5.08. The lowest BCUT2D eigenvalue weighted by Crippen LogP contribution is -2.00. The first-order valence-electron chi connectivity index (χ1n) is 14.4. The average Bonchev–Trinajstić information content (AvgIpc) is 3.46. The predicted octanol–water partition coefficient (Wildman–Crippen LogP) is 10.7. The maximum absolute atomic E-state index is 5.08. The number of hydrogen-bond donors (Lipinski definition) is 0. The van der Waals surface area contributed by atoms with Gasteiger partial charge in [-0.15, -0.1) is 11.3 Å². The third kappa shape index (κ3) is 3.99. The molecule has 9 rings (SSSR count). The van der Waals surface area contributed by atoms with Gasteiger partial charge in [-0.1, -0.05) is 121 Å². The predicted molar refractivity (Wildman–Crippen MR) is 182 cm³/mol. The van der Waals surface area contributed by atoms with Gasteiger partial charge in [0.05, 0.1) is 0 Å². The van der Waals surface area contributed by atoms with Gasteiger partial charge in [0, 0.05) is 36.9 Å². The molecule has 200 valence electrons. The Labute approximate surface area is 251 Å². The maximum Gasteiger partial charge on any atom is 0.164 e. The third-order valence-corrected chi connectivity index (χ3v) is 9.44. The molecular weight excluding hydrogens is 543 g/mol. The lowest BCUT2D eigenvalue weighted by Gasteiger charge is -2.11. The lowest BCUT2D eigenvalue weighted by molar-refractivity contribution is 1.08. The van der Waals surface area contributed by atoms with Crippen LogP contribution in [-0.4, -0.2) is 15.0 Å². The number of hydrogen-bond acceptors (Lipinski definition) is 4. The largest absolute Gasteiger partial charge is 0.208 e. The summed E-state index contributed by atoms with van der Waals surface area (Å²) in [6.45, 7) is 0. The Morgan fingerprint density at radius 1 is 0.326 bits per heavy atom. The van der Waals surface area contributed by atoms with E-state index in [9.17, 15) is 0 Å². The van der Waals surface area contributed by atoms with Gasteiger partial charge in [0.15, 0.2) is 17.5 Å². The molecule has 0 amide bonds. The number of benzene rings is 7. The average molecular weight is 566 g/mol. The third-order valence-electron chi connectivity index (χ3n) is 8.31. The van der Waals surface area contributed by atoms with Crippen molar-refractivity contribution in [2.75, 3.05) is 0 Å². The molecule has 0 saturated heterocycles. The van der Waals surface area contributed by atoms with Crippen LogP contribution in [0.2, 0.25) is 0 Å². The van der Waals surface area contributed by atoms with Crippen LogP contribution in [0.25, 0.3) is 86.7 Å². The van der Waals surface area contributed by atoms with Crippen LogP contribution < -0.4 is 0 Å². The van der Waals surface area contributed by atoms with Crippen molar-refractivity contribution >= 4 is 63.8 Å². The van der Waals surface area contributed by atoms with Crippen molar-refractivity contribution < 1.29 is 0 Å². The zero-order chi connectivity index (χ0) is 28.3. The number of aromatic nitrogens is 3. The molecule has 0 radical (unpaired) electrons. The van der Waals surface area contributed by atoms with Gasteiger partial charge in [0.2, 0.25) is 0 Å². The fourth-order valence-electron chi connectivity index (χ4n) is 6.17. The monoisotopic (exact) mass is 565 g/mol. The second-order valence-electron chi connectivity index (χ2n) is 10.9. The molecule has 3 nitrogen and oxygen atoms in total. The minimum Gasteiger partial charge on any atom is -0.208 e. The highest BCUT2D eigenvalue weighted by Crippen LogP contribution is 2.37. The fraction of sp³-hybridized carbons (Fsp3) is 0. The normalized spacial score (nSPS) is 11.7. The van der Waals surface area contributed by atoms with Crippen molar-refractivity contribution in [3.8, 4) is 34.2 Å². The van der Waals surface area contributed by atoms with Crippen molar-refractivity contribution in [3.63, 3.8) is 0 Å². The highest BCUT2D eigenvalue weighted by molar-refractivity contribution is 7.25. The molecular formula is C39H23N3S. The van der Waals surface area contributed by atoms with Crippen LogP contribution in [0.4, 0.5) is 0 Å². The topological polar surface area (TPSA) is 38.7 Å². The zero-order valence-electron chi connectivity index (χ0n) is 23.0. The van der Waals surface area contributed by atoms with Crippen LogP contribution in [0.15, 0.2) is 140 Å². The Bertz CT molecular complexity index is 2510. The minimum absolute atomic E-state index is 0.667. The first-order valence-corrected chi connectivity index (χ1v) is 15.2. The van der Waals surface area contributed by atoms with E-state index >= 15 is 0 Å². The molecule has 0 spiro atoms. The molecule has 0 bridgehead atoms. The zero-order valence-corrected chi connectivity index (χ0v) is 23.8. The summed E-state index contributed by atoms with van der Waals surface area (Å²) in [6.07, 6.45) is 0. The Hall–Kier alpha value is -5.45. The second kappa shape index (κ2) is 9.55. The van der Waals surface area contributed by atoms with E-state index in [4.69, 9.17) is 15.0 Å². The first-order chi connectivity index (χ1) is 21.3. The molecule has 0 atom stereocenters. The molecule has 4 heteroatoms. The summed E-state index contributed by atoms with van der Waals surface area (Å²) in [5, 5.41) is 9.91. The van der Waals surface area contributed by atoms with Crippen LogP contribution in [0.5, 0.6) is 0 Å². The molecule has 9 aromatic rings. The van der Waals surface area contributed by atoms with Crippen LogP contribution in [0, 0.1) is 0 Å². The van der Waals surface area contributed by atoms with Gasteiger partial charge in [-0.05, 0) is 50.5 Å². The fourth-order valence-corrected chi connectivity index (χ4v) is 7.32. The Morgan fingerprint density at radius 3 is 1.67 bits per heavy atom. The summed E-state index contributed by atoms with van der Waals surface area (Å²) in [7, 11) is 0. The summed E-state index contributed by atoms with van der Waals surface area (Å²) in [5.41, 5.74) is 2.92. The quantitative estimate of drug-likeness (QED) is 0.200. The molecule has 0 aliphatic carbocycles. The van der Waals surface area contributed by atoms with Gasteiger partial charge in [-0.2, -0.15) is 0 Å². The van der Waals surface area contributed by atoms with Crippen molar-refractivity contribution in [2.45, 2.75) is 0 Å². The van der Waals surface area contributed by atoms with E-state index in [0.717, 1.165) is 16.7 Å². The van der Waals surface area contributed by atoms with Gasteiger partial charge in [-0.3, -0.25) is 0 Å². The Kier molecular flexibility index (Phi) is 5.37. The van der Waals surface area contributed by atoms with E-state index < -0.39 is 0 Å². The second-order valence-corrected chi connectivity index (χ2v) is 11.9. The molecule has 43 heavy (non-hydrogen) atoms. The van der Waals surface area contributed by atoms with Gasteiger partial charge >= 0.3 is 0 Å². The van der Waals surface area contributed by atoms with Crippen LogP contribution in [0.1, 0.15) is 0 Å². The molecule has 0 aliphatic heterocycles. The van der Waals surface area contributed by atoms with Gasteiger partial charge < -0.3 is 0 Å². The van der Waals surface area contributed by atoms with Crippen LogP contribution in [0.3, 0.4) is 0 Å². The summed E-state index contributed by atoms with van der Waals surface area (Å²) >= 11 is 1.80. The number of rotatable bonds is 3. The van der Waals surface area contributed by atoms with E-state index in [1.807, 2.05) is 18.2 Å². The summed E-state index contributed by atoms with van der Waals surface area (Å²) < 4.78 is 2.51. The highest BCUT2D eigenvalue weighted by Gasteiger charge is 2.15. The lowest BCUT2D eigenvalue weighted by atomic mass is 9.96. The van der Waals surface area contributed by atoms with Crippen molar-refractivity contribution in [3.05, 3.63) is 140 Å². The molecule has 0 unspecified atom stereocenters. The van der Waals surface area contributed by atoms with Crippen LogP contribution in [-0.2, 0) is 0 Å². The molecule has 0 aliphatic rings. The van der Waals surface area contributed by atoms with Crippen molar-refractivity contribution in [1.82, 2.24) is 15.0 Å². The van der Waals surface area contributed by atoms with E-state index in [2.05, 4.69) is 121 Å². The molecule has 0 fully saturated rings. The van der Waals surface area contributed by atoms with E-state index in [1.54, 1.807) is 11.3 Å². The number of fused-ring (bicyclic) bond motifs is 8. The standard InChI is InChI=1S/C39H23N3S/c1-2-9-26(10-3-1)37-40-38(42-39(41-37)28-18-21-33-32-12-6-7-13-35(32)43-36(33)23-28)27-15-14-25-17-19-30-29-11-5-4-8-24(29)16-20-31(30)34(25)22-27/h1-23H. The Balaban J connectivity index is 1.26. The molecule has 0 saturated carbocycles. The minimum atomic E-state index is 0.667. The first kappa shape index (κ1) is 24.2. The highest BCUT2D eigenvalue weighted by atomic mass is 32.1. The molecule has 0 N–H and O–H groups in total. The SMILES string of the molecule is c1ccc(-c2nc(-c3ccc4c(c3)sc3ccccc34)nc(-c3ccc4ccc5c6ccccc6ccc5c4c3)n2)cc1. The van der Waals surface area contributed by atoms with Crippen molar-refractivity contribution in [1.29, 1.82) is 0 Å².